The Balaban J connectivity index is 2.65. The Hall–Kier alpha value is -1.54. The molecule has 1 aromatic rings. The minimum Gasteiger partial charge on any atom is -0.309 e. The Bertz CT molecular complexity index is 435. The third-order valence-corrected chi connectivity index (χ3v) is 2.83. The molecule has 0 saturated carbocycles. The summed E-state index contributed by atoms with van der Waals surface area (Å²) in [5, 5.41) is 11.2. The van der Waals surface area contributed by atoms with Crippen molar-refractivity contribution in [1.29, 1.82) is 5.26 Å². The van der Waals surface area contributed by atoms with Crippen molar-refractivity contribution in [3.8, 4) is 6.07 Å². The van der Waals surface area contributed by atoms with Gasteiger partial charge in [-0.15, -0.1) is 0 Å². The quantitative estimate of drug-likeness (QED) is 0.896. The lowest BCUT2D eigenvalue weighted by Gasteiger charge is -2.19. The molecule has 0 radical (unpaired) electrons. The van der Waals surface area contributed by atoms with E-state index in [0.717, 1.165) is 11.1 Å². The van der Waals surface area contributed by atoms with Crippen LogP contribution in [0.1, 0.15) is 24.1 Å². The second kappa shape index (κ2) is 5.87. The first-order valence-electron chi connectivity index (χ1n) is 5.61. The van der Waals surface area contributed by atoms with Crippen molar-refractivity contribution in [2.75, 3.05) is 6.54 Å². The molecule has 1 N–H and O–H groups in total. The van der Waals surface area contributed by atoms with Gasteiger partial charge in [0.25, 0.3) is 0 Å². The van der Waals surface area contributed by atoms with Gasteiger partial charge in [-0.25, -0.2) is 0 Å². The van der Waals surface area contributed by atoms with Gasteiger partial charge in [-0.3, -0.25) is 0 Å². The van der Waals surface area contributed by atoms with Gasteiger partial charge >= 0.3 is 6.18 Å². The summed E-state index contributed by atoms with van der Waals surface area (Å²) in [5.41, 5.74) is 1.95. The lowest BCUT2D eigenvalue weighted by molar-refractivity contribution is -0.157. The van der Waals surface area contributed by atoms with Gasteiger partial charge in [0.15, 0.2) is 5.92 Å². The van der Waals surface area contributed by atoms with Gasteiger partial charge in [0.05, 0.1) is 6.07 Å². The van der Waals surface area contributed by atoms with Crippen molar-refractivity contribution >= 4 is 0 Å². The van der Waals surface area contributed by atoms with Crippen LogP contribution in [0.3, 0.4) is 0 Å². The molecule has 0 amide bonds. The summed E-state index contributed by atoms with van der Waals surface area (Å²) in [6, 6.07) is 8.54. The minimum atomic E-state index is -4.48. The van der Waals surface area contributed by atoms with Crippen molar-refractivity contribution < 1.29 is 13.2 Å². The molecular weight excluding hydrogens is 241 g/mol. The molecule has 0 aliphatic rings. The van der Waals surface area contributed by atoms with E-state index in [1.165, 1.54) is 6.07 Å². The van der Waals surface area contributed by atoms with E-state index >= 15 is 0 Å². The highest BCUT2D eigenvalue weighted by Gasteiger charge is 2.39. The molecule has 0 saturated heterocycles. The van der Waals surface area contributed by atoms with Crippen molar-refractivity contribution in [2.24, 2.45) is 5.92 Å². The molecule has 1 aromatic carbocycles. The highest BCUT2D eigenvalue weighted by atomic mass is 19.4. The van der Waals surface area contributed by atoms with Crippen LogP contribution >= 0.6 is 0 Å². The average Bonchev–Trinajstić information content (AvgIpc) is 2.28. The van der Waals surface area contributed by atoms with E-state index in [-0.39, 0.29) is 6.04 Å². The molecule has 0 spiro atoms. The fraction of sp³-hybridized carbons (Fsp3) is 0.462. The molecule has 0 bridgehead atoms. The van der Waals surface area contributed by atoms with E-state index in [4.69, 9.17) is 5.26 Å². The molecule has 0 heterocycles. The molecule has 1 rings (SSSR count). The second-order valence-electron chi connectivity index (χ2n) is 4.21. The first-order chi connectivity index (χ1) is 8.36. The molecule has 0 aliphatic heterocycles. The largest absolute Gasteiger partial charge is 0.405 e. The lowest BCUT2D eigenvalue weighted by Crippen LogP contribution is -2.33. The van der Waals surface area contributed by atoms with E-state index in [2.05, 4.69) is 5.32 Å². The number of halogens is 3. The molecule has 98 valence electrons. The van der Waals surface area contributed by atoms with Gasteiger partial charge < -0.3 is 5.32 Å². The number of aryl methyl sites for hydroxylation is 1. The lowest BCUT2D eigenvalue weighted by atomic mass is 10.0. The third kappa shape index (κ3) is 3.74. The first kappa shape index (κ1) is 14.5. The van der Waals surface area contributed by atoms with E-state index in [1.807, 2.05) is 31.2 Å². The molecule has 5 heteroatoms. The summed E-state index contributed by atoms with van der Waals surface area (Å²) in [4.78, 5) is 0. The van der Waals surface area contributed by atoms with Gasteiger partial charge in [-0.05, 0) is 25.0 Å². The van der Waals surface area contributed by atoms with Gasteiger partial charge in [0, 0.05) is 12.6 Å². The normalized spacial score (nSPS) is 14.9. The van der Waals surface area contributed by atoms with E-state index in [1.54, 1.807) is 6.92 Å². The SMILES string of the molecule is Cc1ccccc1[C@@H](C)NCC(C#N)C(F)(F)F. The van der Waals surface area contributed by atoms with Crippen LogP contribution in [0.5, 0.6) is 0 Å². The molecule has 0 fully saturated rings. The maximum Gasteiger partial charge on any atom is 0.405 e. The van der Waals surface area contributed by atoms with E-state index in [9.17, 15) is 13.2 Å². The Morgan fingerprint density at radius 2 is 1.94 bits per heavy atom. The summed E-state index contributed by atoms with van der Waals surface area (Å²) in [5.74, 6) is -1.97. The highest BCUT2D eigenvalue weighted by molar-refractivity contribution is 5.28. The van der Waals surface area contributed by atoms with Crippen molar-refractivity contribution in [3.63, 3.8) is 0 Å². The first-order valence-corrected chi connectivity index (χ1v) is 5.61. The van der Waals surface area contributed by atoms with Crippen LogP contribution in [0.15, 0.2) is 24.3 Å². The second-order valence-corrected chi connectivity index (χ2v) is 4.21. The number of nitrogens with zero attached hydrogens (tertiary/aromatic N) is 1. The summed E-state index contributed by atoms with van der Waals surface area (Å²) >= 11 is 0. The van der Waals surface area contributed by atoms with E-state index < -0.39 is 18.6 Å². The number of hydrogen-bond acceptors (Lipinski definition) is 2. The van der Waals surface area contributed by atoms with E-state index in [0.29, 0.717) is 0 Å². The predicted octanol–water partition coefficient (Wildman–Crippen LogP) is 3.35. The summed E-state index contributed by atoms with van der Waals surface area (Å²) in [6.45, 7) is 3.29. The number of nitriles is 1. The third-order valence-electron chi connectivity index (χ3n) is 2.83. The maximum atomic E-state index is 12.4. The molecule has 2 nitrogen and oxygen atoms in total. The fourth-order valence-corrected chi connectivity index (χ4v) is 1.71. The van der Waals surface area contributed by atoms with Crippen molar-refractivity contribution in [2.45, 2.75) is 26.1 Å². The number of benzene rings is 1. The average molecular weight is 256 g/mol. The smallest absolute Gasteiger partial charge is 0.309 e. The van der Waals surface area contributed by atoms with Crippen LogP contribution < -0.4 is 5.32 Å². The standard InChI is InChI=1S/C13H15F3N2/c1-9-5-3-4-6-12(9)10(2)18-8-11(7-17)13(14,15)16/h3-6,10-11,18H,8H2,1-2H3/t10-,11?/m1/s1. The van der Waals surface area contributed by atoms with Gasteiger partial charge in [0.2, 0.25) is 0 Å². The van der Waals surface area contributed by atoms with Gasteiger partial charge in [-0.2, -0.15) is 18.4 Å². The van der Waals surface area contributed by atoms with Crippen molar-refractivity contribution in [1.82, 2.24) is 5.32 Å². The van der Waals surface area contributed by atoms with Crippen LogP contribution in [0.2, 0.25) is 0 Å². The number of hydrogen-bond donors (Lipinski definition) is 1. The molecule has 2 atom stereocenters. The van der Waals surface area contributed by atoms with Crippen LogP contribution in [0.25, 0.3) is 0 Å². The Labute approximate surface area is 104 Å². The molecule has 0 aliphatic carbocycles. The highest BCUT2D eigenvalue weighted by Crippen LogP contribution is 2.26. The Kier molecular flexibility index (Phi) is 4.74. The molecule has 1 unspecified atom stereocenters. The number of alkyl halides is 3. The maximum absolute atomic E-state index is 12.4. The summed E-state index contributed by atoms with van der Waals surface area (Å²) in [7, 11) is 0. The predicted molar refractivity (Wildman–Crippen MR) is 62.8 cm³/mol. The van der Waals surface area contributed by atoms with Crippen LogP contribution in [0.4, 0.5) is 13.2 Å². The Morgan fingerprint density at radius 3 is 2.44 bits per heavy atom. The zero-order chi connectivity index (χ0) is 13.8. The topological polar surface area (TPSA) is 35.8 Å². The summed E-state index contributed by atoms with van der Waals surface area (Å²) < 4.78 is 37.2. The zero-order valence-electron chi connectivity index (χ0n) is 10.3. The molecule has 0 aromatic heterocycles. The van der Waals surface area contributed by atoms with Crippen LogP contribution in [-0.2, 0) is 0 Å². The number of rotatable bonds is 4. The number of nitrogens with one attached hydrogen (secondary N) is 1. The Morgan fingerprint density at radius 1 is 1.33 bits per heavy atom. The summed E-state index contributed by atoms with van der Waals surface area (Å²) in [6.07, 6.45) is -4.48. The minimum absolute atomic E-state index is 0.218. The van der Waals surface area contributed by atoms with Crippen molar-refractivity contribution in [3.05, 3.63) is 35.4 Å². The van der Waals surface area contributed by atoms with Crippen LogP contribution in [0, 0.1) is 24.2 Å². The van der Waals surface area contributed by atoms with Gasteiger partial charge in [-0.1, -0.05) is 24.3 Å². The van der Waals surface area contributed by atoms with Gasteiger partial charge in [0.1, 0.15) is 0 Å². The fourth-order valence-electron chi connectivity index (χ4n) is 1.71. The van der Waals surface area contributed by atoms with Crippen LogP contribution in [-0.4, -0.2) is 12.7 Å². The molecule has 18 heavy (non-hydrogen) atoms. The monoisotopic (exact) mass is 256 g/mol. The molecular formula is C13H15F3N2. The zero-order valence-corrected chi connectivity index (χ0v) is 10.3.